The first-order valence-corrected chi connectivity index (χ1v) is 5.74. The molecule has 0 spiro atoms. The van der Waals surface area contributed by atoms with Crippen LogP contribution in [0.2, 0.25) is 5.02 Å². The molecule has 0 radical (unpaired) electrons. The molecule has 2 aromatic rings. The highest BCUT2D eigenvalue weighted by atomic mass is 35.5. The van der Waals surface area contributed by atoms with Crippen molar-refractivity contribution in [3.8, 4) is 0 Å². The summed E-state index contributed by atoms with van der Waals surface area (Å²) in [4.78, 5) is 12.0. The molecule has 2 rings (SSSR count). The Balaban J connectivity index is 2.60. The molecule has 0 aliphatic heterocycles. The lowest BCUT2D eigenvalue weighted by molar-refractivity contribution is 0.103. The van der Waals surface area contributed by atoms with Gasteiger partial charge in [-0.15, -0.1) is 0 Å². The minimum Gasteiger partial charge on any atom is -0.288 e. The number of ketones is 1. The third-order valence-electron chi connectivity index (χ3n) is 2.71. The van der Waals surface area contributed by atoms with Crippen LogP contribution in [0.5, 0.6) is 0 Å². The van der Waals surface area contributed by atoms with Crippen LogP contribution in [0.1, 0.15) is 21.5 Å². The summed E-state index contributed by atoms with van der Waals surface area (Å²) in [6.45, 7) is 1.36. The van der Waals surface area contributed by atoms with E-state index < -0.39 is 34.4 Å². The molecule has 0 N–H and O–H groups in total. The van der Waals surface area contributed by atoms with Gasteiger partial charge in [0.15, 0.2) is 11.6 Å². The second-order valence-electron chi connectivity index (χ2n) is 3.98. The average molecular weight is 285 g/mol. The summed E-state index contributed by atoms with van der Waals surface area (Å²) in [7, 11) is 0. The largest absolute Gasteiger partial charge is 0.288 e. The Bertz CT molecular complexity index is 648. The first-order chi connectivity index (χ1) is 8.93. The van der Waals surface area contributed by atoms with Crippen molar-refractivity contribution in [3.05, 3.63) is 69.5 Å². The third kappa shape index (κ3) is 2.36. The predicted octanol–water partition coefficient (Wildman–Crippen LogP) is 4.30. The monoisotopic (exact) mass is 284 g/mol. The first-order valence-electron chi connectivity index (χ1n) is 5.36. The van der Waals surface area contributed by atoms with Gasteiger partial charge in [0, 0.05) is 0 Å². The smallest absolute Gasteiger partial charge is 0.200 e. The molecule has 0 atom stereocenters. The van der Waals surface area contributed by atoms with Crippen LogP contribution in [0.25, 0.3) is 0 Å². The van der Waals surface area contributed by atoms with E-state index in [1.165, 1.54) is 25.1 Å². The third-order valence-corrected chi connectivity index (χ3v) is 3.02. The summed E-state index contributed by atoms with van der Waals surface area (Å²) >= 11 is 5.72. The van der Waals surface area contributed by atoms with Gasteiger partial charge < -0.3 is 0 Å². The first kappa shape index (κ1) is 13.6. The number of rotatable bonds is 2. The summed E-state index contributed by atoms with van der Waals surface area (Å²) in [6, 6.07) is 6.02. The van der Waals surface area contributed by atoms with E-state index in [-0.39, 0.29) is 10.6 Å². The van der Waals surface area contributed by atoms with Crippen molar-refractivity contribution >= 4 is 17.4 Å². The zero-order chi connectivity index (χ0) is 14.2. The molecular weight excluding hydrogens is 277 g/mol. The van der Waals surface area contributed by atoms with Crippen LogP contribution in [0, 0.1) is 24.4 Å². The zero-order valence-corrected chi connectivity index (χ0v) is 10.6. The summed E-state index contributed by atoms with van der Waals surface area (Å²) in [5.74, 6) is -4.29. The summed E-state index contributed by atoms with van der Waals surface area (Å²) < 4.78 is 40.7. The number of carbonyl (C=O) groups excluding carboxylic acids is 1. The summed E-state index contributed by atoms with van der Waals surface area (Å²) in [5, 5.41) is -0.148. The lowest BCUT2D eigenvalue weighted by atomic mass is 10.0. The molecule has 0 saturated heterocycles. The molecule has 19 heavy (non-hydrogen) atoms. The SMILES string of the molecule is Cc1ccc(C(=O)c2c(F)cccc2Cl)c(F)c1F. The lowest BCUT2D eigenvalue weighted by Gasteiger charge is -2.07. The van der Waals surface area contributed by atoms with Crippen LogP contribution in [0.15, 0.2) is 30.3 Å². The van der Waals surface area contributed by atoms with E-state index >= 15 is 0 Å². The predicted molar refractivity (Wildman–Crippen MR) is 65.9 cm³/mol. The van der Waals surface area contributed by atoms with Crippen molar-refractivity contribution in [3.63, 3.8) is 0 Å². The highest BCUT2D eigenvalue weighted by molar-refractivity contribution is 6.35. The van der Waals surface area contributed by atoms with Crippen LogP contribution in [-0.2, 0) is 0 Å². The fraction of sp³-hybridized carbons (Fsp3) is 0.0714. The molecule has 0 aliphatic rings. The average Bonchev–Trinajstić information content (AvgIpc) is 2.35. The number of hydrogen-bond donors (Lipinski definition) is 0. The van der Waals surface area contributed by atoms with Gasteiger partial charge in [0.1, 0.15) is 5.82 Å². The van der Waals surface area contributed by atoms with E-state index in [1.807, 2.05) is 0 Å². The van der Waals surface area contributed by atoms with Gasteiger partial charge in [-0.05, 0) is 30.7 Å². The molecule has 0 unspecified atom stereocenters. The van der Waals surface area contributed by atoms with Gasteiger partial charge in [0.05, 0.1) is 16.1 Å². The Morgan fingerprint density at radius 1 is 1.05 bits per heavy atom. The van der Waals surface area contributed by atoms with E-state index in [1.54, 1.807) is 0 Å². The van der Waals surface area contributed by atoms with Gasteiger partial charge in [0.2, 0.25) is 5.78 Å². The molecule has 98 valence electrons. The highest BCUT2D eigenvalue weighted by Gasteiger charge is 2.23. The number of aryl methyl sites for hydroxylation is 1. The maximum Gasteiger partial charge on any atom is 0.200 e. The number of hydrogen-bond acceptors (Lipinski definition) is 1. The van der Waals surface area contributed by atoms with Crippen LogP contribution in [0.3, 0.4) is 0 Å². The summed E-state index contributed by atoms with van der Waals surface area (Å²) in [5.41, 5.74) is -0.949. The van der Waals surface area contributed by atoms with Crippen molar-refractivity contribution < 1.29 is 18.0 Å². The van der Waals surface area contributed by atoms with E-state index in [0.717, 1.165) is 12.1 Å². The molecule has 0 fully saturated rings. The topological polar surface area (TPSA) is 17.1 Å². The van der Waals surface area contributed by atoms with Crippen molar-refractivity contribution in [2.24, 2.45) is 0 Å². The quantitative estimate of drug-likeness (QED) is 0.752. The molecule has 0 bridgehead atoms. The molecule has 0 saturated carbocycles. The molecule has 0 aliphatic carbocycles. The number of halogens is 4. The molecular formula is C14H8ClF3O. The standard InChI is InChI=1S/C14H8ClF3O/c1-7-5-6-8(13(18)12(7)17)14(19)11-9(15)3-2-4-10(11)16/h2-6H,1H3. The van der Waals surface area contributed by atoms with E-state index in [9.17, 15) is 18.0 Å². The fourth-order valence-electron chi connectivity index (χ4n) is 1.67. The van der Waals surface area contributed by atoms with Crippen molar-refractivity contribution in [2.75, 3.05) is 0 Å². The Morgan fingerprint density at radius 2 is 1.74 bits per heavy atom. The number of carbonyl (C=O) groups is 1. The molecule has 0 heterocycles. The van der Waals surface area contributed by atoms with Gasteiger partial charge >= 0.3 is 0 Å². The minimum absolute atomic E-state index is 0.0636. The van der Waals surface area contributed by atoms with E-state index in [0.29, 0.717) is 0 Å². The highest BCUT2D eigenvalue weighted by Crippen LogP contribution is 2.25. The van der Waals surface area contributed by atoms with Gasteiger partial charge in [-0.1, -0.05) is 23.7 Å². The van der Waals surface area contributed by atoms with Crippen LogP contribution in [0.4, 0.5) is 13.2 Å². The fourth-order valence-corrected chi connectivity index (χ4v) is 1.92. The van der Waals surface area contributed by atoms with Gasteiger partial charge in [-0.2, -0.15) is 0 Å². The maximum absolute atomic E-state index is 13.7. The Labute approximate surface area is 112 Å². The maximum atomic E-state index is 13.7. The molecule has 0 amide bonds. The van der Waals surface area contributed by atoms with Gasteiger partial charge in [0.25, 0.3) is 0 Å². The Morgan fingerprint density at radius 3 is 2.37 bits per heavy atom. The summed E-state index contributed by atoms with van der Waals surface area (Å²) in [6.07, 6.45) is 0. The van der Waals surface area contributed by atoms with E-state index in [2.05, 4.69) is 0 Å². The van der Waals surface area contributed by atoms with E-state index in [4.69, 9.17) is 11.6 Å². The van der Waals surface area contributed by atoms with Crippen molar-refractivity contribution in [2.45, 2.75) is 6.92 Å². The number of benzene rings is 2. The van der Waals surface area contributed by atoms with Gasteiger partial charge in [-0.25, -0.2) is 13.2 Å². The van der Waals surface area contributed by atoms with Crippen LogP contribution >= 0.6 is 11.6 Å². The van der Waals surface area contributed by atoms with Crippen LogP contribution in [-0.4, -0.2) is 5.78 Å². The lowest BCUT2D eigenvalue weighted by Crippen LogP contribution is -2.09. The van der Waals surface area contributed by atoms with Crippen LogP contribution < -0.4 is 0 Å². The van der Waals surface area contributed by atoms with Gasteiger partial charge in [-0.3, -0.25) is 4.79 Å². The molecule has 2 aromatic carbocycles. The Hall–Kier alpha value is -1.81. The Kier molecular flexibility index (Phi) is 3.62. The minimum atomic E-state index is -1.30. The second-order valence-corrected chi connectivity index (χ2v) is 4.39. The zero-order valence-electron chi connectivity index (χ0n) is 9.81. The van der Waals surface area contributed by atoms with Crippen molar-refractivity contribution in [1.82, 2.24) is 0 Å². The normalized spacial score (nSPS) is 10.6. The second kappa shape index (κ2) is 5.05. The molecule has 0 aromatic heterocycles. The molecule has 5 heteroatoms. The molecule has 1 nitrogen and oxygen atoms in total. The van der Waals surface area contributed by atoms with Crippen molar-refractivity contribution in [1.29, 1.82) is 0 Å².